The molecule has 0 bridgehead atoms. The number of carbonyl (C=O) groups is 1. The van der Waals surface area contributed by atoms with Crippen molar-refractivity contribution in [2.24, 2.45) is 5.92 Å². The van der Waals surface area contributed by atoms with Crippen molar-refractivity contribution < 1.29 is 9.90 Å². The summed E-state index contributed by atoms with van der Waals surface area (Å²) < 4.78 is 0. The number of thiazole rings is 1. The van der Waals surface area contributed by atoms with Crippen LogP contribution in [0.25, 0.3) is 0 Å². The van der Waals surface area contributed by atoms with Gasteiger partial charge < -0.3 is 10.4 Å². The minimum atomic E-state index is -0.764. The van der Waals surface area contributed by atoms with Crippen LogP contribution in [0.4, 0.5) is 5.13 Å². The predicted molar refractivity (Wildman–Crippen MR) is 77.7 cm³/mol. The molecule has 106 valence electrons. The lowest BCUT2D eigenvalue weighted by Crippen LogP contribution is -2.25. The molecule has 1 saturated carbocycles. The quantitative estimate of drug-likeness (QED) is 0.837. The van der Waals surface area contributed by atoms with E-state index in [0.717, 1.165) is 16.7 Å². The first kappa shape index (κ1) is 14.3. The Morgan fingerprint density at radius 2 is 2.21 bits per heavy atom. The van der Waals surface area contributed by atoms with E-state index in [-0.39, 0.29) is 6.42 Å². The molecule has 0 spiro atoms. The van der Waals surface area contributed by atoms with Gasteiger partial charge in [0.1, 0.15) is 0 Å². The van der Waals surface area contributed by atoms with Crippen molar-refractivity contribution in [1.29, 1.82) is 0 Å². The highest BCUT2D eigenvalue weighted by atomic mass is 32.1. The van der Waals surface area contributed by atoms with E-state index < -0.39 is 5.97 Å². The number of nitrogens with one attached hydrogen (secondary N) is 1. The van der Waals surface area contributed by atoms with Gasteiger partial charge in [0.25, 0.3) is 0 Å². The minimum Gasteiger partial charge on any atom is -0.481 e. The highest BCUT2D eigenvalue weighted by Crippen LogP contribution is 2.29. The number of aromatic nitrogens is 1. The van der Waals surface area contributed by atoms with Crippen LogP contribution in [-0.4, -0.2) is 22.1 Å². The predicted octanol–water partition coefficient (Wildman–Crippen LogP) is 3.54. The van der Waals surface area contributed by atoms with Gasteiger partial charge in [-0.15, -0.1) is 11.3 Å². The van der Waals surface area contributed by atoms with E-state index in [1.165, 1.54) is 32.1 Å². The van der Waals surface area contributed by atoms with E-state index in [2.05, 4.69) is 17.2 Å². The number of aliphatic carboxylic acids is 1. The molecule has 0 saturated heterocycles. The lowest BCUT2D eigenvalue weighted by atomic mass is 9.85. The third-order valence-corrected chi connectivity index (χ3v) is 4.72. The molecule has 0 unspecified atom stereocenters. The Morgan fingerprint density at radius 1 is 1.47 bits per heavy atom. The summed E-state index contributed by atoms with van der Waals surface area (Å²) in [6, 6.07) is 0.543. The first-order valence-corrected chi connectivity index (χ1v) is 7.98. The Kier molecular flexibility index (Phi) is 5.19. The summed E-state index contributed by atoms with van der Waals surface area (Å²) in [5.41, 5.74) is 0.886. The highest BCUT2D eigenvalue weighted by Gasteiger charge is 2.20. The number of carboxylic acid groups (broad SMARTS) is 1. The smallest absolute Gasteiger partial charge is 0.303 e. The van der Waals surface area contributed by atoms with E-state index in [4.69, 9.17) is 5.11 Å². The summed E-state index contributed by atoms with van der Waals surface area (Å²) in [4.78, 5) is 15.0. The molecule has 4 nitrogen and oxygen atoms in total. The van der Waals surface area contributed by atoms with E-state index in [9.17, 15) is 4.79 Å². The summed E-state index contributed by atoms with van der Waals surface area (Å²) in [7, 11) is 0. The lowest BCUT2D eigenvalue weighted by molar-refractivity contribution is -0.136. The molecule has 0 aliphatic heterocycles. The standard InChI is InChI=1S/C14H22N2O2S/c1-2-10-3-5-11(6-4-10)15-14-16-12(9-19-14)7-8-13(17)18/h9-11H,2-8H2,1H3,(H,15,16)(H,17,18). The van der Waals surface area contributed by atoms with Crippen LogP contribution in [0.5, 0.6) is 0 Å². The van der Waals surface area contributed by atoms with Gasteiger partial charge in [-0.3, -0.25) is 4.79 Å². The van der Waals surface area contributed by atoms with Crippen molar-refractivity contribution in [2.75, 3.05) is 5.32 Å². The van der Waals surface area contributed by atoms with Gasteiger partial charge in [0, 0.05) is 17.8 Å². The molecular weight excluding hydrogens is 260 g/mol. The Labute approximate surface area is 118 Å². The molecule has 1 aliphatic carbocycles. The molecule has 1 aliphatic rings. The van der Waals surface area contributed by atoms with Crippen molar-refractivity contribution in [3.8, 4) is 0 Å². The normalized spacial score (nSPS) is 23.2. The van der Waals surface area contributed by atoms with Crippen LogP contribution in [0.15, 0.2) is 5.38 Å². The molecule has 1 aromatic rings. The first-order chi connectivity index (χ1) is 9.17. The van der Waals surface area contributed by atoms with E-state index in [1.54, 1.807) is 11.3 Å². The maximum absolute atomic E-state index is 10.5. The number of carboxylic acids is 1. The van der Waals surface area contributed by atoms with Gasteiger partial charge >= 0.3 is 5.97 Å². The van der Waals surface area contributed by atoms with Crippen LogP contribution in [0.3, 0.4) is 0 Å². The number of rotatable bonds is 6. The second-order valence-corrected chi connectivity index (χ2v) is 6.17. The molecule has 0 aromatic carbocycles. The largest absolute Gasteiger partial charge is 0.481 e. The Balaban J connectivity index is 1.78. The topological polar surface area (TPSA) is 62.2 Å². The molecule has 0 amide bonds. The molecule has 2 N–H and O–H groups in total. The van der Waals surface area contributed by atoms with Crippen LogP contribution in [0, 0.1) is 5.92 Å². The van der Waals surface area contributed by atoms with Crippen LogP contribution >= 0.6 is 11.3 Å². The average Bonchev–Trinajstić information content (AvgIpc) is 2.85. The van der Waals surface area contributed by atoms with Crippen LogP contribution in [0.2, 0.25) is 0 Å². The summed E-state index contributed by atoms with van der Waals surface area (Å²) in [6.45, 7) is 2.27. The van der Waals surface area contributed by atoms with Crippen molar-refractivity contribution in [3.05, 3.63) is 11.1 Å². The lowest BCUT2D eigenvalue weighted by Gasteiger charge is -2.28. The molecule has 1 fully saturated rings. The highest BCUT2D eigenvalue weighted by molar-refractivity contribution is 7.13. The summed E-state index contributed by atoms with van der Waals surface area (Å²) >= 11 is 1.59. The van der Waals surface area contributed by atoms with Gasteiger partial charge in [0.05, 0.1) is 12.1 Å². The molecule has 2 rings (SSSR count). The third-order valence-electron chi connectivity index (χ3n) is 3.90. The number of nitrogens with zero attached hydrogens (tertiary/aromatic N) is 1. The molecule has 19 heavy (non-hydrogen) atoms. The van der Waals surface area contributed by atoms with Crippen molar-refractivity contribution in [3.63, 3.8) is 0 Å². The van der Waals surface area contributed by atoms with Gasteiger partial charge in [0.15, 0.2) is 5.13 Å². The van der Waals surface area contributed by atoms with Crippen molar-refractivity contribution in [1.82, 2.24) is 4.98 Å². The summed E-state index contributed by atoms with van der Waals surface area (Å²) in [5, 5.41) is 15.1. The number of hydrogen-bond acceptors (Lipinski definition) is 4. The zero-order valence-electron chi connectivity index (χ0n) is 11.4. The van der Waals surface area contributed by atoms with E-state index >= 15 is 0 Å². The number of hydrogen-bond donors (Lipinski definition) is 2. The summed E-state index contributed by atoms with van der Waals surface area (Å²) in [6.07, 6.45) is 7.05. The molecular formula is C14H22N2O2S. The van der Waals surface area contributed by atoms with E-state index in [1.807, 2.05) is 5.38 Å². The molecule has 0 atom stereocenters. The van der Waals surface area contributed by atoms with Gasteiger partial charge in [-0.25, -0.2) is 4.98 Å². The molecule has 0 radical (unpaired) electrons. The fraction of sp³-hybridized carbons (Fsp3) is 0.714. The minimum absolute atomic E-state index is 0.158. The maximum atomic E-state index is 10.5. The molecule has 1 aromatic heterocycles. The molecule has 1 heterocycles. The van der Waals surface area contributed by atoms with Crippen LogP contribution < -0.4 is 5.32 Å². The second-order valence-electron chi connectivity index (χ2n) is 5.31. The van der Waals surface area contributed by atoms with Gasteiger partial charge in [0.2, 0.25) is 0 Å². The van der Waals surface area contributed by atoms with Gasteiger partial charge in [-0.2, -0.15) is 0 Å². The first-order valence-electron chi connectivity index (χ1n) is 7.10. The van der Waals surface area contributed by atoms with Crippen LogP contribution in [0.1, 0.15) is 51.1 Å². The van der Waals surface area contributed by atoms with Gasteiger partial charge in [-0.05, 0) is 31.6 Å². The zero-order valence-corrected chi connectivity index (χ0v) is 12.2. The third kappa shape index (κ3) is 4.49. The van der Waals surface area contributed by atoms with Crippen molar-refractivity contribution in [2.45, 2.75) is 57.9 Å². The molecule has 5 heteroatoms. The fourth-order valence-corrected chi connectivity index (χ4v) is 3.44. The number of anilines is 1. The van der Waals surface area contributed by atoms with Gasteiger partial charge in [-0.1, -0.05) is 13.3 Å². The van der Waals surface area contributed by atoms with E-state index in [0.29, 0.717) is 12.5 Å². The fourth-order valence-electron chi connectivity index (χ4n) is 2.61. The monoisotopic (exact) mass is 282 g/mol. The maximum Gasteiger partial charge on any atom is 0.303 e. The van der Waals surface area contributed by atoms with Crippen molar-refractivity contribution >= 4 is 22.4 Å². The zero-order chi connectivity index (χ0) is 13.7. The number of aryl methyl sites for hydroxylation is 1. The Bertz CT molecular complexity index is 411. The average molecular weight is 282 g/mol. The Morgan fingerprint density at radius 3 is 2.84 bits per heavy atom. The second kappa shape index (κ2) is 6.89. The van der Waals surface area contributed by atoms with Crippen LogP contribution in [-0.2, 0) is 11.2 Å². The SMILES string of the molecule is CCC1CCC(Nc2nc(CCC(=O)O)cs2)CC1. The summed E-state index contributed by atoms with van der Waals surface area (Å²) in [5.74, 6) is 0.140. The Hall–Kier alpha value is -1.10.